The minimum Gasteiger partial charge on any atom is -0.352 e. The molecule has 1 N–H and O–H groups in total. The summed E-state index contributed by atoms with van der Waals surface area (Å²) in [5.41, 5.74) is 5.76. The Kier molecular flexibility index (Phi) is 8.12. The Morgan fingerprint density at radius 1 is 0.919 bits per heavy atom. The van der Waals surface area contributed by atoms with Crippen LogP contribution in [0.25, 0.3) is 22.2 Å². The van der Waals surface area contributed by atoms with Gasteiger partial charge < -0.3 is 5.32 Å². The van der Waals surface area contributed by atoms with Crippen molar-refractivity contribution < 1.29 is 9.59 Å². The lowest BCUT2D eigenvalue weighted by Crippen LogP contribution is -2.24. The van der Waals surface area contributed by atoms with Gasteiger partial charge in [-0.25, -0.2) is 0 Å². The van der Waals surface area contributed by atoms with E-state index in [1.54, 1.807) is 18.5 Å². The van der Waals surface area contributed by atoms with Crippen LogP contribution in [0.3, 0.4) is 0 Å². The Bertz CT molecular complexity index is 1390. The lowest BCUT2D eigenvalue weighted by atomic mass is 9.85. The fourth-order valence-electron chi connectivity index (χ4n) is 4.39. The standard InChI is InChI=1S/C32H35N3O2/c1-5-6-16-33-31(37)24-13-14-28(34-20-24)23-12-15-29-26(18-23)25(17-22-10-8-7-9-11-22)27(21-35-29)30(36)19-32(2,3)4/h7-15,18,20-21H,5-6,16-17,19H2,1-4H3,(H,33,37). The molecule has 0 saturated carbocycles. The van der Waals surface area contributed by atoms with E-state index in [1.165, 1.54) is 0 Å². The summed E-state index contributed by atoms with van der Waals surface area (Å²) in [7, 11) is 0. The topological polar surface area (TPSA) is 72.0 Å². The highest BCUT2D eigenvalue weighted by Crippen LogP contribution is 2.31. The number of ketones is 1. The van der Waals surface area contributed by atoms with Gasteiger partial charge in [0.1, 0.15) is 0 Å². The normalized spacial score (nSPS) is 11.5. The second-order valence-electron chi connectivity index (χ2n) is 10.7. The number of hydrogen-bond acceptors (Lipinski definition) is 4. The molecule has 0 fully saturated rings. The van der Waals surface area contributed by atoms with Gasteiger partial charge in [-0.3, -0.25) is 19.6 Å². The number of unbranched alkanes of at least 4 members (excludes halogenated alkanes) is 1. The molecule has 0 atom stereocenters. The van der Waals surface area contributed by atoms with E-state index < -0.39 is 0 Å². The Morgan fingerprint density at radius 3 is 2.38 bits per heavy atom. The zero-order chi connectivity index (χ0) is 26.4. The summed E-state index contributed by atoms with van der Waals surface area (Å²) in [5.74, 6) is -0.00263. The molecule has 0 unspecified atom stereocenters. The summed E-state index contributed by atoms with van der Waals surface area (Å²) in [5, 5.41) is 3.88. The number of carbonyl (C=O) groups excluding carboxylic acids is 2. The Labute approximate surface area is 219 Å². The predicted molar refractivity (Wildman–Crippen MR) is 150 cm³/mol. The van der Waals surface area contributed by atoms with Crippen molar-refractivity contribution in [1.29, 1.82) is 0 Å². The summed E-state index contributed by atoms with van der Waals surface area (Å²) < 4.78 is 0. The van der Waals surface area contributed by atoms with E-state index in [-0.39, 0.29) is 17.1 Å². The molecule has 2 aromatic carbocycles. The average molecular weight is 494 g/mol. The van der Waals surface area contributed by atoms with Crippen molar-refractivity contribution in [3.63, 3.8) is 0 Å². The second-order valence-corrected chi connectivity index (χ2v) is 10.7. The summed E-state index contributed by atoms with van der Waals surface area (Å²) in [6.45, 7) is 8.99. The van der Waals surface area contributed by atoms with E-state index in [9.17, 15) is 9.59 Å². The molecular formula is C32H35N3O2. The highest BCUT2D eigenvalue weighted by atomic mass is 16.1. The molecule has 4 rings (SSSR count). The van der Waals surface area contributed by atoms with Crippen molar-refractivity contribution in [1.82, 2.24) is 15.3 Å². The Morgan fingerprint density at radius 2 is 1.70 bits per heavy atom. The van der Waals surface area contributed by atoms with E-state index in [4.69, 9.17) is 0 Å². The first-order valence-corrected chi connectivity index (χ1v) is 13.0. The number of Topliss-reactive ketones (excluding diaryl/α,β-unsaturated/α-hetero) is 1. The monoisotopic (exact) mass is 493 g/mol. The lowest BCUT2D eigenvalue weighted by Gasteiger charge is -2.19. The molecule has 5 nitrogen and oxygen atoms in total. The first kappa shape index (κ1) is 26.2. The molecular weight excluding hydrogens is 458 g/mol. The maximum Gasteiger partial charge on any atom is 0.252 e. The van der Waals surface area contributed by atoms with Gasteiger partial charge in [0.25, 0.3) is 5.91 Å². The quantitative estimate of drug-likeness (QED) is 0.201. The maximum absolute atomic E-state index is 13.4. The van der Waals surface area contributed by atoms with Crippen LogP contribution < -0.4 is 5.32 Å². The molecule has 0 aliphatic carbocycles. The zero-order valence-corrected chi connectivity index (χ0v) is 22.2. The third-order valence-electron chi connectivity index (χ3n) is 6.33. The number of nitrogens with one attached hydrogen (secondary N) is 1. The van der Waals surface area contributed by atoms with Crippen molar-refractivity contribution >= 4 is 22.6 Å². The molecule has 4 aromatic rings. The van der Waals surface area contributed by atoms with Crippen LogP contribution in [-0.4, -0.2) is 28.2 Å². The molecule has 1 amide bonds. The Balaban J connectivity index is 1.73. The molecule has 5 heteroatoms. The number of nitrogens with zero attached hydrogens (tertiary/aromatic N) is 2. The molecule has 0 saturated heterocycles. The second kappa shape index (κ2) is 11.5. The largest absolute Gasteiger partial charge is 0.352 e. The molecule has 2 heterocycles. The van der Waals surface area contributed by atoms with Crippen molar-refractivity contribution in [2.24, 2.45) is 5.41 Å². The number of aromatic nitrogens is 2. The number of benzene rings is 2. The van der Waals surface area contributed by atoms with Crippen LogP contribution in [0.15, 0.2) is 73.1 Å². The average Bonchev–Trinajstić information content (AvgIpc) is 2.88. The third kappa shape index (κ3) is 6.67. The van der Waals surface area contributed by atoms with Gasteiger partial charge >= 0.3 is 0 Å². The summed E-state index contributed by atoms with van der Waals surface area (Å²) >= 11 is 0. The minimum atomic E-state index is -0.119. The van der Waals surface area contributed by atoms with Gasteiger partial charge in [-0.05, 0) is 53.6 Å². The van der Waals surface area contributed by atoms with Crippen molar-refractivity contribution in [2.75, 3.05) is 6.54 Å². The molecule has 0 bridgehead atoms. The van der Waals surface area contributed by atoms with Crippen LogP contribution in [0.2, 0.25) is 0 Å². The number of pyridine rings is 2. The zero-order valence-electron chi connectivity index (χ0n) is 22.2. The molecule has 0 spiro atoms. The van der Waals surface area contributed by atoms with E-state index in [0.29, 0.717) is 30.5 Å². The fourth-order valence-corrected chi connectivity index (χ4v) is 4.39. The SMILES string of the molecule is CCCCNC(=O)c1ccc(-c2ccc3ncc(C(=O)CC(C)(C)C)c(Cc4ccccc4)c3c2)nc1. The van der Waals surface area contributed by atoms with Crippen LogP contribution in [0, 0.1) is 5.41 Å². The van der Waals surface area contributed by atoms with E-state index in [0.717, 1.165) is 46.1 Å². The van der Waals surface area contributed by atoms with Crippen LogP contribution in [0.5, 0.6) is 0 Å². The molecule has 2 aromatic heterocycles. The predicted octanol–water partition coefficient (Wildman–Crippen LogP) is 7.04. The summed E-state index contributed by atoms with van der Waals surface area (Å²) in [6.07, 6.45) is 6.42. The van der Waals surface area contributed by atoms with E-state index in [2.05, 4.69) is 61.2 Å². The molecule has 190 valence electrons. The third-order valence-corrected chi connectivity index (χ3v) is 6.33. The van der Waals surface area contributed by atoms with Crippen LogP contribution in [-0.2, 0) is 6.42 Å². The molecule has 0 radical (unpaired) electrons. The van der Waals surface area contributed by atoms with E-state index in [1.807, 2.05) is 36.4 Å². The fraction of sp³-hybridized carbons (Fsp3) is 0.312. The molecule has 37 heavy (non-hydrogen) atoms. The lowest BCUT2D eigenvalue weighted by molar-refractivity contribution is 0.0934. The number of hydrogen-bond donors (Lipinski definition) is 1. The van der Waals surface area contributed by atoms with Gasteiger partial charge in [0.15, 0.2) is 5.78 Å². The molecule has 0 aliphatic heterocycles. The van der Waals surface area contributed by atoms with Crippen molar-refractivity contribution in [3.8, 4) is 11.3 Å². The highest BCUT2D eigenvalue weighted by Gasteiger charge is 2.22. The number of fused-ring (bicyclic) bond motifs is 1. The summed E-state index contributed by atoms with van der Waals surface area (Å²) in [6, 6.07) is 19.9. The number of carbonyl (C=O) groups is 2. The van der Waals surface area contributed by atoms with E-state index >= 15 is 0 Å². The smallest absolute Gasteiger partial charge is 0.252 e. The summed E-state index contributed by atoms with van der Waals surface area (Å²) in [4.78, 5) is 35.0. The van der Waals surface area contributed by atoms with Gasteiger partial charge in [-0.2, -0.15) is 0 Å². The Hall–Kier alpha value is -3.86. The van der Waals surface area contributed by atoms with Crippen LogP contribution in [0.4, 0.5) is 0 Å². The van der Waals surface area contributed by atoms with Crippen LogP contribution in [0.1, 0.15) is 78.8 Å². The van der Waals surface area contributed by atoms with Crippen LogP contribution >= 0.6 is 0 Å². The van der Waals surface area contributed by atoms with Gasteiger partial charge in [0, 0.05) is 41.9 Å². The van der Waals surface area contributed by atoms with Gasteiger partial charge in [-0.15, -0.1) is 0 Å². The molecule has 0 aliphatic rings. The van der Waals surface area contributed by atoms with Crippen molar-refractivity contribution in [2.45, 2.75) is 53.4 Å². The first-order chi connectivity index (χ1) is 17.7. The van der Waals surface area contributed by atoms with Gasteiger partial charge in [-0.1, -0.05) is 70.5 Å². The number of amides is 1. The van der Waals surface area contributed by atoms with Gasteiger partial charge in [0.05, 0.1) is 16.8 Å². The van der Waals surface area contributed by atoms with Gasteiger partial charge in [0.2, 0.25) is 0 Å². The maximum atomic E-state index is 13.4. The number of rotatable bonds is 9. The minimum absolute atomic E-state index is 0.106. The van der Waals surface area contributed by atoms with Crippen molar-refractivity contribution in [3.05, 3.63) is 95.3 Å². The first-order valence-electron chi connectivity index (χ1n) is 13.0. The highest BCUT2D eigenvalue weighted by molar-refractivity contribution is 6.02.